The first kappa shape index (κ1) is 21.8. The maximum Gasteiger partial charge on any atom is 0.397 e. The predicted octanol–water partition coefficient (Wildman–Crippen LogP) is 2.44. The van der Waals surface area contributed by atoms with Crippen LogP contribution in [0.3, 0.4) is 0 Å². The van der Waals surface area contributed by atoms with E-state index in [-0.39, 0.29) is 18.3 Å². The molecule has 1 aromatic carbocycles. The monoisotopic (exact) mass is 430 g/mol. The minimum atomic E-state index is -1.50. The molecule has 30 heavy (non-hydrogen) atoms. The van der Waals surface area contributed by atoms with Crippen molar-refractivity contribution >= 4 is 26.7 Å². The molecule has 1 aliphatic heterocycles. The summed E-state index contributed by atoms with van der Waals surface area (Å²) in [5.41, 5.74) is 12.4. The van der Waals surface area contributed by atoms with Crippen LogP contribution in [-0.4, -0.2) is 36.6 Å². The molecule has 0 fully saturated rings. The summed E-state index contributed by atoms with van der Waals surface area (Å²) in [6.07, 6.45) is 8.53. The fourth-order valence-corrected chi connectivity index (χ4v) is 4.03. The number of methoxy groups -OCH3 is 1. The first-order valence-corrected chi connectivity index (χ1v) is 10.2. The third kappa shape index (κ3) is 4.99. The lowest BCUT2D eigenvalue weighted by molar-refractivity contribution is 0.0403. The molecule has 10 heteroatoms. The number of aryl methyl sites for hydroxylation is 1. The Balaban J connectivity index is 1.61. The summed E-state index contributed by atoms with van der Waals surface area (Å²) in [6, 6.07) is 7.66. The van der Waals surface area contributed by atoms with Crippen LogP contribution in [0.25, 0.3) is 0 Å². The highest BCUT2D eigenvalue weighted by Crippen LogP contribution is 2.47. The molecule has 0 spiro atoms. The third-order valence-corrected chi connectivity index (χ3v) is 5.56. The van der Waals surface area contributed by atoms with Crippen LogP contribution in [0.1, 0.15) is 27.9 Å². The van der Waals surface area contributed by atoms with Crippen LogP contribution in [0.4, 0.5) is 5.82 Å². The number of nitrogens with zero attached hydrogens (tertiary/aromatic N) is 2. The molecular formula is C20H23N4O5P. The van der Waals surface area contributed by atoms with Crippen molar-refractivity contribution in [1.82, 2.24) is 4.57 Å². The van der Waals surface area contributed by atoms with E-state index in [2.05, 4.69) is 10.9 Å². The molecule has 3 rings (SSSR count). The van der Waals surface area contributed by atoms with Crippen molar-refractivity contribution in [2.75, 3.05) is 13.7 Å². The summed E-state index contributed by atoms with van der Waals surface area (Å²) < 4.78 is 24.4. The van der Waals surface area contributed by atoms with Gasteiger partial charge in [0.05, 0.1) is 36.8 Å². The summed E-state index contributed by atoms with van der Waals surface area (Å²) >= 11 is 0. The van der Waals surface area contributed by atoms with Gasteiger partial charge in [0, 0.05) is 25.4 Å². The molecule has 2 unspecified atom stereocenters. The average molecular weight is 430 g/mol. The van der Waals surface area contributed by atoms with Gasteiger partial charge in [-0.05, 0) is 12.5 Å². The van der Waals surface area contributed by atoms with Gasteiger partial charge in [0.1, 0.15) is 11.6 Å². The van der Waals surface area contributed by atoms with Gasteiger partial charge in [-0.2, -0.15) is 0 Å². The van der Waals surface area contributed by atoms with Gasteiger partial charge in [-0.3, -0.25) is 13.8 Å². The number of hydrogen-bond donors (Lipinski definition) is 2. The predicted molar refractivity (Wildman–Crippen MR) is 113 cm³/mol. The number of amides is 1. The molecule has 0 radical (unpaired) electrons. The molecule has 1 aromatic heterocycles. The standard InChI is InChI=1S/C20H23N4O5P/c1-3-14-10-24(20(23-13-21)18(14)19(22)25)9-8-16(26-2)12-28-30-27-11-15-6-4-5-7-17(15)29-30/h1,4-7,10,13,16H,8-9,11-12H2,2H3,(H2,21,23)(H2,22,25). The molecule has 2 atom stereocenters. The van der Waals surface area contributed by atoms with E-state index in [0.29, 0.717) is 31.0 Å². The number of hydrogen-bond acceptors (Lipinski definition) is 6. The van der Waals surface area contributed by atoms with Gasteiger partial charge in [0.2, 0.25) is 0 Å². The molecule has 1 aliphatic rings. The van der Waals surface area contributed by atoms with E-state index in [0.717, 1.165) is 17.7 Å². The van der Waals surface area contributed by atoms with E-state index in [1.54, 1.807) is 17.9 Å². The summed E-state index contributed by atoms with van der Waals surface area (Å²) in [4.78, 5) is 15.8. The number of aromatic nitrogens is 1. The van der Waals surface area contributed by atoms with Crippen LogP contribution in [0.5, 0.6) is 5.75 Å². The summed E-state index contributed by atoms with van der Waals surface area (Å²) in [5.74, 6) is 2.87. The number of fused-ring (bicyclic) bond motifs is 1. The highest BCUT2D eigenvalue weighted by atomic mass is 31.2. The number of rotatable bonds is 9. The van der Waals surface area contributed by atoms with Crippen LogP contribution in [-0.2, 0) is 26.9 Å². The van der Waals surface area contributed by atoms with E-state index >= 15 is 0 Å². The fraction of sp³-hybridized carbons (Fsp3) is 0.300. The first-order chi connectivity index (χ1) is 14.6. The van der Waals surface area contributed by atoms with E-state index < -0.39 is 14.5 Å². The Kier molecular flexibility index (Phi) is 7.44. The molecule has 9 nitrogen and oxygen atoms in total. The number of carbonyl (C=O) groups excluding carboxylic acids is 1. The van der Waals surface area contributed by atoms with Crippen molar-refractivity contribution in [1.29, 1.82) is 0 Å². The number of primary amides is 1. The Morgan fingerprint density at radius 3 is 3.00 bits per heavy atom. The molecule has 0 saturated heterocycles. The first-order valence-electron chi connectivity index (χ1n) is 9.15. The molecule has 2 heterocycles. The van der Waals surface area contributed by atoms with E-state index in [9.17, 15) is 4.79 Å². The zero-order valence-corrected chi connectivity index (χ0v) is 17.4. The number of benzene rings is 1. The Bertz CT molecular complexity index is 969. The SMILES string of the molecule is C#Cc1cn(CCC(COP2OCc3ccccc3O2)OC)c(/N=C\N)c1C(N)=O. The third-order valence-electron chi connectivity index (χ3n) is 4.51. The highest BCUT2D eigenvalue weighted by molar-refractivity contribution is 7.42. The van der Waals surface area contributed by atoms with Crippen molar-refractivity contribution < 1.29 is 23.1 Å². The van der Waals surface area contributed by atoms with E-state index in [1.807, 2.05) is 24.3 Å². The number of carbonyl (C=O) groups is 1. The average Bonchev–Trinajstić information content (AvgIpc) is 3.11. The normalized spacial score (nSPS) is 16.6. The van der Waals surface area contributed by atoms with Crippen LogP contribution in [0.15, 0.2) is 35.5 Å². The zero-order valence-electron chi connectivity index (χ0n) is 16.5. The van der Waals surface area contributed by atoms with Crippen LogP contribution in [0.2, 0.25) is 0 Å². The smallest absolute Gasteiger partial charge is 0.397 e. The molecule has 1 amide bonds. The molecule has 0 aliphatic carbocycles. The minimum Gasteiger partial charge on any atom is -0.426 e. The van der Waals surface area contributed by atoms with Gasteiger partial charge >= 0.3 is 8.60 Å². The van der Waals surface area contributed by atoms with Gasteiger partial charge in [0.25, 0.3) is 5.91 Å². The second kappa shape index (κ2) is 10.2. The quantitative estimate of drug-likeness (QED) is 0.273. The second-order valence-electron chi connectivity index (χ2n) is 6.36. The second-order valence-corrected chi connectivity index (χ2v) is 7.51. The van der Waals surface area contributed by atoms with Crippen molar-refractivity contribution in [3.63, 3.8) is 0 Å². The van der Waals surface area contributed by atoms with Crippen molar-refractivity contribution in [3.05, 3.63) is 47.2 Å². The van der Waals surface area contributed by atoms with Crippen molar-refractivity contribution in [2.24, 2.45) is 16.5 Å². The van der Waals surface area contributed by atoms with E-state index in [4.69, 9.17) is 36.2 Å². The van der Waals surface area contributed by atoms with Crippen LogP contribution < -0.4 is 16.0 Å². The molecular weight excluding hydrogens is 407 g/mol. The number of ether oxygens (including phenoxy) is 1. The van der Waals surface area contributed by atoms with Gasteiger partial charge in [0.15, 0.2) is 0 Å². The lowest BCUT2D eigenvalue weighted by Crippen LogP contribution is -2.20. The van der Waals surface area contributed by atoms with Gasteiger partial charge in [-0.1, -0.05) is 24.1 Å². The number of nitrogens with two attached hydrogens (primary N) is 2. The largest absolute Gasteiger partial charge is 0.426 e. The molecule has 0 bridgehead atoms. The Morgan fingerprint density at radius 1 is 1.50 bits per heavy atom. The summed E-state index contributed by atoms with van der Waals surface area (Å²) in [6.45, 7) is 1.17. The van der Waals surface area contributed by atoms with Crippen LogP contribution >= 0.6 is 8.60 Å². The molecule has 2 aromatic rings. The van der Waals surface area contributed by atoms with E-state index in [1.165, 1.54) is 0 Å². The van der Waals surface area contributed by atoms with Gasteiger partial charge in [-0.25, -0.2) is 4.99 Å². The maximum atomic E-state index is 11.8. The maximum absolute atomic E-state index is 11.8. The van der Waals surface area contributed by atoms with Crippen molar-refractivity contribution in [2.45, 2.75) is 25.7 Å². The lowest BCUT2D eigenvalue weighted by atomic mass is 10.2. The zero-order chi connectivity index (χ0) is 21.5. The van der Waals surface area contributed by atoms with Gasteiger partial charge in [-0.15, -0.1) is 6.42 Å². The number of aliphatic imine (C=N–C) groups is 1. The summed E-state index contributed by atoms with van der Waals surface area (Å²) in [7, 11) is 0.0924. The molecule has 4 N–H and O–H groups in total. The molecule has 0 saturated carbocycles. The Hall–Kier alpha value is -2.89. The van der Waals surface area contributed by atoms with Gasteiger partial charge < -0.3 is 25.3 Å². The highest BCUT2D eigenvalue weighted by Gasteiger charge is 2.25. The minimum absolute atomic E-state index is 0.163. The van der Waals surface area contributed by atoms with Crippen LogP contribution in [0, 0.1) is 12.3 Å². The number of terminal acetylenes is 1. The topological polar surface area (TPSA) is 123 Å². The fourth-order valence-electron chi connectivity index (χ4n) is 2.98. The Labute approximate surface area is 176 Å². The Morgan fingerprint density at radius 2 is 2.30 bits per heavy atom. The molecule has 158 valence electrons. The lowest BCUT2D eigenvalue weighted by Gasteiger charge is -2.25. The summed E-state index contributed by atoms with van der Waals surface area (Å²) in [5, 5.41) is 0. The van der Waals surface area contributed by atoms with Crippen molar-refractivity contribution in [3.8, 4) is 18.1 Å². The number of para-hydroxylation sites is 1.